The molecule has 1 saturated heterocycles. The van der Waals surface area contributed by atoms with Gasteiger partial charge in [0, 0.05) is 37.6 Å². The molecule has 5 heteroatoms. The van der Waals surface area contributed by atoms with Gasteiger partial charge in [0.15, 0.2) is 5.43 Å². The number of nitrogens with zero attached hydrogens (tertiary/aromatic N) is 1. The summed E-state index contributed by atoms with van der Waals surface area (Å²) in [5.41, 5.74) is -0.0244. The highest BCUT2D eigenvalue weighted by molar-refractivity contribution is 4.96. The van der Waals surface area contributed by atoms with Gasteiger partial charge < -0.3 is 19.1 Å². The van der Waals surface area contributed by atoms with Crippen LogP contribution in [0.1, 0.15) is 32.4 Å². The summed E-state index contributed by atoms with van der Waals surface area (Å²) in [5.74, 6) is 0. The zero-order valence-corrected chi connectivity index (χ0v) is 11.2. The number of rotatable bonds is 6. The van der Waals surface area contributed by atoms with Crippen LogP contribution in [-0.2, 0) is 9.47 Å². The molecule has 1 aromatic heterocycles. The Morgan fingerprint density at radius 2 is 2.21 bits per heavy atom. The maximum absolute atomic E-state index is 11.1. The number of unbranched alkanes of at least 4 members (excludes halogenated alkanes) is 1. The van der Waals surface area contributed by atoms with E-state index in [1.165, 1.54) is 12.1 Å². The first-order valence-electron chi connectivity index (χ1n) is 6.80. The molecular formula is C14H21NO4. The van der Waals surface area contributed by atoms with Crippen molar-refractivity contribution in [2.24, 2.45) is 0 Å². The van der Waals surface area contributed by atoms with Gasteiger partial charge in [-0.05, 0) is 6.42 Å². The molecule has 0 aliphatic carbocycles. The summed E-state index contributed by atoms with van der Waals surface area (Å²) in [7, 11) is 0. The quantitative estimate of drug-likeness (QED) is 0.790. The first-order chi connectivity index (χ1) is 9.24. The molecule has 0 unspecified atom stereocenters. The van der Waals surface area contributed by atoms with Gasteiger partial charge in [-0.15, -0.1) is 0 Å². The monoisotopic (exact) mass is 267 g/mol. The van der Waals surface area contributed by atoms with Gasteiger partial charge >= 0.3 is 0 Å². The number of aliphatic hydroxyl groups excluding tert-OH is 1. The van der Waals surface area contributed by atoms with Gasteiger partial charge in [0.05, 0.1) is 12.7 Å². The lowest BCUT2D eigenvalue weighted by Crippen LogP contribution is -2.28. The second kappa shape index (κ2) is 6.84. The van der Waals surface area contributed by atoms with E-state index in [1.807, 2.05) is 4.57 Å². The van der Waals surface area contributed by atoms with E-state index < -0.39 is 0 Å². The van der Waals surface area contributed by atoms with Gasteiger partial charge in [-0.2, -0.15) is 0 Å². The van der Waals surface area contributed by atoms with Crippen LogP contribution in [0.5, 0.6) is 0 Å². The molecule has 1 fully saturated rings. The van der Waals surface area contributed by atoms with Crippen molar-refractivity contribution >= 4 is 0 Å². The van der Waals surface area contributed by atoms with Crippen molar-refractivity contribution in [3.63, 3.8) is 0 Å². The number of hydrogen-bond acceptors (Lipinski definition) is 4. The maximum atomic E-state index is 11.1. The third-order valence-electron chi connectivity index (χ3n) is 3.34. The second-order valence-corrected chi connectivity index (χ2v) is 4.79. The topological polar surface area (TPSA) is 60.7 Å². The minimum absolute atomic E-state index is 0.0244. The van der Waals surface area contributed by atoms with Gasteiger partial charge in [0.25, 0.3) is 0 Å². The SMILES string of the molecule is CCCCO[C@H]1C[C@H](n2ccc(=O)cc2)O[C@@H]1CO. The molecular weight excluding hydrogens is 246 g/mol. The Morgan fingerprint density at radius 1 is 1.47 bits per heavy atom. The summed E-state index contributed by atoms with van der Waals surface area (Å²) in [4.78, 5) is 11.1. The first-order valence-corrected chi connectivity index (χ1v) is 6.80. The van der Waals surface area contributed by atoms with Crippen LogP contribution < -0.4 is 5.43 Å². The Kier molecular flexibility index (Phi) is 5.13. The molecule has 0 amide bonds. The fourth-order valence-corrected chi connectivity index (χ4v) is 2.22. The molecule has 3 atom stereocenters. The van der Waals surface area contributed by atoms with Crippen molar-refractivity contribution in [2.75, 3.05) is 13.2 Å². The Balaban J connectivity index is 1.97. The molecule has 1 N–H and O–H groups in total. The summed E-state index contributed by atoms with van der Waals surface area (Å²) >= 11 is 0. The van der Waals surface area contributed by atoms with E-state index in [0.717, 1.165) is 12.8 Å². The Morgan fingerprint density at radius 3 is 2.84 bits per heavy atom. The fourth-order valence-electron chi connectivity index (χ4n) is 2.22. The summed E-state index contributed by atoms with van der Waals surface area (Å²) in [6.45, 7) is 2.76. The van der Waals surface area contributed by atoms with Gasteiger partial charge in [-0.3, -0.25) is 4.79 Å². The average Bonchev–Trinajstić information content (AvgIpc) is 2.83. The van der Waals surface area contributed by atoms with Crippen molar-refractivity contribution in [3.05, 3.63) is 34.7 Å². The van der Waals surface area contributed by atoms with E-state index in [9.17, 15) is 9.90 Å². The average molecular weight is 267 g/mol. The lowest BCUT2D eigenvalue weighted by molar-refractivity contribution is -0.0615. The van der Waals surface area contributed by atoms with Crippen LogP contribution in [0.2, 0.25) is 0 Å². The number of aliphatic hydroxyl groups is 1. The predicted molar refractivity (Wildman–Crippen MR) is 71.0 cm³/mol. The highest BCUT2D eigenvalue weighted by Crippen LogP contribution is 2.30. The molecule has 0 spiro atoms. The zero-order chi connectivity index (χ0) is 13.7. The van der Waals surface area contributed by atoms with E-state index in [2.05, 4.69) is 6.92 Å². The second-order valence-electron chi connectivity index (χ2n) is 4.79. The third kappa shape index (κ3) is 3.65. The van der Waals surface area contributed by atoms with Crippen LogP contribution in [0.25, 0.3) is 0 Å². The number of hydrogen-bond donors (Lipinski definition) is 1. The van der Waals surface area contributed by atoms with Gasteiger partial charge in [0.1, 0.15) is 12.3 Å². The van der Waals surface area contributed by atoms with E-state index in [-0.39, 0.29) is 30.5 Å². The van der Waals surface area contributed by atoms with Crippen LogP contribution in [0.3, 0.4) is 0 Å². The van der Waals surface area contributed by atoms with Crippen LogP contribution in [-0.4, -0.2) is 35.1 Å². The molecule has 1 aliphatic rings. The smallest absolute Gasteiger partial charge is 0.181 e. The zero-order valence-electron chi connectivity index (χ0n) is 11.2. The lowest BCUT2D eigenvalue weighted by atomic mass is 10.2. The van der Waals surface area contributed by atoms with E-state index in [4.69, 9.17) is 9.47 Å². The molecule has 0 radical (unpaired) electrons. The molecule has 0 saturated carbocycles. The van der Waals surface area contributed by atoms with E-state index >= 15 is 0 Å². The van der Waals surface area contributed by atoms with Crippen LogP contribution >= 0.6 is 0 Å². The van der Waals surface area contributed by atoms with Crippen molar-refractivity contribution in [1.82, 2.24) is 4.57 Å². The lowest BCUT2D eigenvalue weighted by Gasteiger charge is -2.16. The molecule has 5 nitrogen and oxygen atoms in total. The molecule has 0 bridgehead atoms. The van der Waals surface area contributed by atoms with Crippen molar-refractivity contribution in [1.29, 1.82) is 0 Å². The van der Waals surface area contributed by atoms with Crippen molar-refractivity contribution in [2.45, 2.75) is 44.6 Å². The summed E-state index contributed by atoms with van der Waals surface area (Å²) in [6.07, 6.45) is 5.65. The molecule has 19 heavy (non-hydrogen) atoms. The highest BCUT2D eigenvalue weighted by Gasteiger charge is 2.35. The Hall–Kier alpha value is -1.17. The third-order valence-corrected chi connectivity index (χ3v) is 3.34. The minimum Gasteiger partial charge on any atom is -0.394 e. The molecule has 1 aliphatic heterocycles. The molecule has 2 heterocycles. The fraction of sp³-hybridized carbons (Fsp3) is 0.643. The largest absolute Gasteiger partial charge is 0.394 e. The standard InChI is InChI=1S/C14H21NO4/c1-2-3-8-18-12-9-14(19-13(12)10-16)15-6-4-11(17)5-7-15/h4-7,12-14,16H,2-3,8-10H2,1H3/t12-,13+,14+/m0/s1. The van der Waals surface area contributed by atoms with E-state index in [1.54, 1.807) is 12.4 Å². The molecule has 1 aromatic rings. The summed E-state index contributed by atoms with van der Waals surface area (Å²) in [6, 6.07) is 3.01. The summed E-state index contributed by atoms with van der Waals surface area (Å²) in [5, 5.41) is 9.34. The van der Waals surface area contributed by atoms with Crippen LogP contribution in [0.15, 0.2) is 29.3 Å². The predicted octanol–water partition coefficient (Wildman–Crippen LogP) is 1.31. The number of ether oxygens (including phenoxy) is 2. The highest BCUT2D eigenvalue weighted by atomic mass is 16.6. The van der Waals surface area contributed by atoms with Crippen molar-refractivity contribution in [3.8, 4) is 0 Å². The molecule has 106 valence electrons. The normalized spacial score (nSPS) is 26.7. The van der Waals surface area contributed by atoms with Crippen molar-refractivity contribution < 1.29 is 14.6 Å². The minimum atomic E-state index is -0.290. The Labute approximate surface area is 112 Å². The Bertz CT molecular complexity index is 425. The van der Waals surface area contributed by atoms with Crippen LogP contribution in [0, 0.1) is 0 Å². The first kappa shape index (κ1) is 14.2. The number of aromatic nitrogens is 1. The van der Waals surface area contributed by atoms with Crippen LogP contribution in [0.4, 0.5) is 0 Å². The maximum Gasteiger partial charge on any atom is 0.181 e. The van der Waals surface area contributed by atoms with Gasteiger partial charge in [0.2, 0.25) is 0 Å². The van der Waals surface area contributed by atoms with Gasteiger partial charge in [-0.1, -0.05) is 13.3 Å². The molecule has 2 rings (SSSR count). The van der Waals surface area contributed by atoms with E-state index in [0.29, 0.717) is 13.0 Å². The number of pyridine rings is 1. The van der Waals surface area contributed by atoms with Gasteiger partial charge in [-0.25, -0.2) is 0 Å². The molecule has 0 aromatic carbocycles. The summed E-state index contributed by atoms with van der Waals surface area (Å²) < 4.78 is 13.4.